The fraction of sp³-hybridized carbons (Fsp3) is 0.611. The van der Waals surface area contributed by atoms with E-state index in [9.17, 15) is 4.79 Å². The van der Waals surface area contributed by atoms with Crippen molar-refractivity contribution in [3.8, 4) is 0 Å². The average Bonchev–Trinajstić information content (AvgIpc) is 2.75. The van der Waals surface area contributed by atoms with E-state index in [0.29, 0.717) is 17.1 Å². The van der Waals surface area contributed by atoms with Crippen molar-refractivity contribution in [1.29, 1.82) is 0 Å². The van der Waals surface area contributed by atoms with Gasteiger partial charge in [0.2, 0.25) is 0 Å². The summed E-state index contributed by atoms with van der Waals surface area (Å²) in [6, 6.07) is 5.41. The molecule has 2 heterocycles. The molecule has 0 bridgehead atoms. The topological polar surface area (TPSA) is 64.8 Å². The van der Waals surface area contributed by atoms with Crippen molar-refractivity contribution in [2.75, 3.05) is 13.1 Å². The van der Waals surface area contributed by atoms with Crippen molar-refractivity contribution in [1.82, 2.24) is 4.90 Å². The molecule has 0 aliphatic carbocycles. The van der Waals surface area contributed by atoms with Gasteiger partial charge in [0.15, 0.2) is 0 Å². The van der Waals surface area contributed by atoms with Crippen LogP contribution in [0.5, 0.6) is 0 Å². The van der Waals surface area contributed by atoms with Crippen LogP contribution in [0.4, 0.5) is 0 Å². The summed E-state index contributed by atoms with van der Waals surface area (Å²) in [5.41, 5.74) is 6.46. The zero-order valence-corrected chi connectivity index (χ0v) is 16.1. The number of carbonyl (C=O) groups is 1. The number of nitrogens with zero attached hydrogens (tertiary/aromatic N) is 1. The van der Waals surface area contributed by atoms with E-state index < -0.39 is 18.3 Å². The van der Waals surface area contributed by atoms with E-state index in [2.05, 4.69) is 0 Å². The number of amides is 1. The standard InChI is InChI=1S/C18H26BClN2O3/c1-17(2)18(3,4)25-19(24-17)12-7-8-14(15(20)10-12)16(23)22-9-5-6-13(21)11-22/h7-8,10,13H,5-6,9,11,21H2,1-4H3. The Bertz CT molecular complexity index is 664. The summed E-state index contributed by atoms with van der Waals surface area (Å²) >= 11 is 6.41. The number of likely N-dealkylation sites (tertiary alicyclic amines) is 1. The van der Waals surface area contributed by atoms with E-state index in [1.54, 1.807) is 17.0 Å². The number of benzene rings is 1. The average molecular weight is 365 g/mol. The Morgan fingerprint density at radius 1 is 1.28 bits per heavy atom. The lowest BCUT2D eigenvalue weighted by Crippen LogP contribution is -2.45. The lowest BCUT2D eigenvalue weighted by Gasteiger charge is -2.32. The molecule has 1 aromatic carbocycles. The molecule has 2 fully saturated rings. The molecule has 5 nitrogen and oxygen atoms in total. The molecule has 1 atom stereocenters. The molecular formula is C18H26BClN2O3. The highest BCUT2D eigenvalue weighted by atomic mass is 35.5. The highest BCUT2D eigenvalue weighted by molar-refractivity contribution is 6.62. The number of halogens is 1. The normalized spacial score (nSPS) is 25.3. The molecule has 0 saturated carbocycles. The van der Waals surface area contributed by atoms with E-state index in [1.165, 1.54) is 0 Å². The van der Waals surface area contributed by atoms with Gasteiger partial charge in [0, 0.05) is 19.1 Å². The van der Waals surface area contributed by atoms with Gasteiger partial charge in [0.1, 0.15) is 0 Å². The van der Waals surface area contributed by atoms with Gasteiger partial charge in [-0.05, 0) is 58.1 Å². The Hall–Kier alpha value is -1.08. The van der Waals surface area contributed by atoms with Crippen LogP contribution in [-0.4, -0.2) is 48.3 Å². The summed E-state index contributed by atoms with van der Waals surface area (Å²) in [4.78, 5) is 14.5. The fourth-order valence-electron chi connectivity index (χ4n) is 3.20. The van der Waals surface area contributed by atoms with Gasteiger partial charge in [0.05, 0.1) is 21.8 Å². The van der Waals surface area contributed by atoms with Gasteiger partial charge in [-0.3, -0.25) is 4.79 Å². The van der Waals surface area contributed by atoms with E-state index in [0.717, 1.165) is 24.8 Å². The summed E-state index contributed by atoms with van der Waals surface area (Å²) in [5, 5.41) is 0.413. The molecule has 0 aromatic heterocycles. The molecule has 0 spiro atoms. The van der Waals surface area contributed by atoms with E-state index in [1.807, 2.05) is 33.8 Å². The van der Waals surface area contributed by atoms with Gasteiger partial charge in [-0.25, -0.2) is 0 Å². The van der Waals surface area contributed by atoms with Crippen LogP contribution in [-0.2, 0) is 9.31 Å². The molecule has 2 saturated heterocycles. The summed E-state index contributed by atoms with van der Waals surface area (Å²) in [6.07, 6.45) is 1.88. The third-order valence-electron chi connectivity index (χ3n) is 5.49. The molecule has 1 unspecified atom stereocenters. The molecule has 0 radical (unpaired) electrons. The molecule has 3 rings (SSSR count). The first kappa shape index (κ1) is 18.7. The minimum atomic E-state index is -0.491. The summed E-state index contributed by atoms with van der Waals surface area (Å²) in [6.45, 7) is 9.33. The maximum Gasteiger partial charge on any atom is 0.494 e. The minimum absolute atomic E-state index is 0.0421. The van der Waals surface area contributed by atoms with Crippen LogP contribution in [0.2, 0.25) is 5.02 Å². The first-order chi connectivity index (χ1) is 11.6. The van der Waals surface area contributed by atoms with Gasteiger partial charge in [-0.2, -0.15) is 0 Å². The first-order valence-corrected chi connectivity index (χ1v) is 9.18. The van der Waals surface area contributed by atoms with Crippen molar-refractivity contribution in [2.24, 2.45) is 5.73 Å². The summed E-state index contributed by atoms with van der Waals surface area (Å²) in [7, 11) is -0.491. The molecule has 2 N–H and O–H groups in total. The third kappa shape index (κ3) is 3.58. The number of piperidine rings is 1. The lowest BCUT2D eigenvalue weighted by molar-refractivity contribution is 0.00578. The van der Waals surface area contributed by atoms with Crippen molar-refractivity contribution in [3.05, 3.63) is 28.8 Å². The van der Waals surface area contributed by atoms with Crippen LogP contribution >= 0.6 is 11.6 Å². The highest BCUT2D eigenvalue weighted by Crippen LogP contribution is 2.36. The number of hydrogen-bond acceptors (Lipinski definition) is 4. The van der Waals surface area contributed by atoms with Gasteiger partial charge >= 0.3 is 7.12 Å². The highest BCUT2D eigenvalue weighted by Gasteiger charge is 2.51. The van der Waals surface area contributed by atoms with Gasteiger partial charge < -0.3 is 19.9 Å². The van der Waals surface area contributed by atoms with Crippen molar-refractivity contribution in [2.45, 2.75) is 57.8 Å². The molecule has 2 aliphatic heterocycles. The van der Waals surface area contributed by atoms with Gasteiger partial charge in [-0.15, -0.1) is 0 Å². The maximum atomic E-state index is 12.7. The lowest BCUT2D eigenvalue weighted by atomic mass is 9.79. The smallest absolute Gasteiger partial charge is 0.399 e. The van der Waals surface area contributed by atoms with Gasteiger partial charge in [0.25, 0.3) is 5.91 Å². The Kier molecular flexibility index (Phi) is 4.92. The minimum Gasteiger partial charge on any atom is -0.399 e. The zero-order valence-electron chi connectivity index (χ0n) is 15.3. The Morgan fingerprint density at radius 3 is 2.48 bits per heavy atom. The quantitative estimate of drug-likeness (QED) is 0.817. The SMILES string of the molecule is CC1(C)OB(c2ccc(C(=O)N3CCCC(N)C3)c(Cl)c2)OC1(C)C. The number of nitrogens with two attached hydrogens (primary N) is 1. The number of carbonyl (C=O) groups excluding carboxylic acids is 1. The zero-order chi connectivity index (χ0) is 18.4. The van der Waals surface area contributed by atoms with Crippen LogP contribution in [0.25, 0.3) is 0 Å². The second-order valence-electron chi connectivity index (χ2n) is 7.98. The molecule has 7 heteroatoms. The Balaban J connectivity index is 1.79. The molecule has 25 heavy (non-hydrogen) atoms. The summed E-state index contributed by atoms with van der Waals surface area (Å²) < 4.78 is 12.1. The second-order valence-corrected chi connectivity index (χ2v) is 8.39. The number of hydrogen-bond donors (Lipinski definition) is 1. The number of rotatable bonds is 2. The Labute approximate surface area is 154 Å². The third-order valence-corrected chi connectivity index (χ3v) is 5.81. The van der Waals surface area contributed by atoms with E-state index in [-0.39, 0.29) is 11.9 Å². The van der Waals surface area contributed by atoms with Crippen molar-refractivity contribution < 1.29 is 14.1 Å². The molecule has 136 valence electrons. The largest absolute Gasteiger partial charge is 0.494 e. The second kappa shape index (κ2) is 6.58. The Morgan fingerprint density at radius 2 is 1.92 bits per heavy atom. The maximum absolute atomic E-state index is 12.7. The van der Waals surface area contributed by atoms with E-state index in [4.69, 9.17) is 26.6 Å². The molecule has 1 aromatic rings. The van der Waals surface area contributed by atoms with Crippen LogP contribution in [0.15, 0.2) is 18.2 Å². The molecule has 2 aliphatic rings. The van der Waals surface area contributed by atoms with Crippen LogP contribution in [0, 0.1) is 0 Å². The molecule has 1 amide bonds. The van der Waals surface area contributed by atoms with Crippen molar-refractivity contribution in [3.63, 3.8) is 0 Å². The fourth-order valence-corrected chi connectivity index (χ4v) is 3.47. The van der Waals surface area contributed by atoms with Crippen LogP contribution < -0.4 is 11.2 Å². The molecular weight excluding hydrogens is 338 g/mol. The van der Waals surface area contributed by atoms with Crippen LogP contribution in [0.1, 0.15) is 50.9 Å². The van der Waals surface area contributed by atoms with Gasteiger partial charge in [-0.1, -0.05) is 17.7 Å². The van der Waals surface area contributed by atoms with Crippen LogP contribution in [0.3, 0.4) is 0 Å². The predicted octanol–water partition coefficient (Wildman–Crippen LogP) is 2.20. The summed E-state index contributed by atoms with van der Waals surface area (Å²) in [5.74, 6) is -0.0689. The van der Waals surface area contributed by atoms with E-state index >= 15 is 0 Å². The monoisotopic (exact) mass is 364 g/mol. The predicted molar refractivity (Wildman–Crippen MR) is 100 cm³/mol. The first-order valence-electron chi connectivity index (χ1n) is 8.81. The van der Waals surface area contributed by atoms with Crippen molar-refractivity contribution >= 4 is 30.1 Å².